The highest BCUT2D eigenvalue weighted by molar-refractivity contribution is 5.94. The van der Waals surface area contributed by atoms with Crippen molar-refractivity contribution < 1.29 is 14.5 Å². The van der Waals surface area contributed by atoms with Crippen molar-refractivity contribution in [2.75, 3.05) is 7.11 Å². The largest absolute Gasteiger partial charge is 0.380 e. The summed E-state index contributed by atoms with van der Waals surface area (Å²) in [6.45, 7) is 0.846. The van der Waals surface area contributed by atoms with E-state index in [2.05, 4.69) is 5.32 Å². The van der Waals surface area contributed by atoms with Gasteiger partial charge in [-0.1, -0.05) is 24.3 Å². The van der Waals surface area contributed by atoms with E-state index in [0.717, 1.165) is 11.1 Å². The van der Waals surface area contributed by atoms with Gasteiger partial charge in [0, 0.05) is 31.4 Å². The Balaban J connectivity index is 2.02. The van der Waals surface area contributed by atoms with Gasteiger partial charge in [0.15, 0.2) is 0 Å². The average molecular weight is 300 g/mol. The third-order valence-electron chi connectivity index (χ3n) is 3.20. The molecule has 1 N–H and O–H groups in total. The number of hydrogen-bond donors (Lipinski definition) is 1. The quantitative estimate of drug-likeness (QED) is 0.657. The molecule has 0 aliphatic carbocycles. The van der Waals surface area contributed by atoms with Gasteiger partial charge in [-0.25, -0.2) is 0 Å². The Morgan fingerprint density at radius 1 is 1.14 bits per heavy atom. The van der Waals surface area contributed by atoms with Gasteiger partial charge in [0.1, 0.15) is 0 Å². The zero-order valence-electron chi connectivity index (χ0n) is 12.1. The van der Waals surface area contributed by atoms with Crippen LogP contribution in [0.2, 0.25) is 0 Å². The van der Waals surface area contributed by atoms with Gasteiger partial charge >= 0.3 is 0 Å². The number of nitro groups is 1. The summed E-state index contributed by atoms with van der Waals surface area (Å²) < 4.78 is 5.12. The van der Waals surface area contributed by atoms with Crippen LogP contribution >= 0.6 is 0 Å². The van der Waals surface area contributed by atoms with Gasteiger partial charge in [-0.2, -0.15) is 0 Å². The lowest BCUT2D eigenvalue weighted by atomic mass is 10.1. The number of nitro benzene ring substituents is 1. The first kappa shape index (κ1) is 15.7. The van der Waals surface area contributed by atoms with Gasteiger partial charge in [0.2, 0.25) is 0 Å². The molecule has 6 nitrogen and oxygen atoms in total. The van der Waals surface area contributed by atoms with Crippen molar-refractivity contribution >= 4 is 11.6 Å². The van der Waals surface area contributed by atoms with E-state index in [4.69, 9.17) is 4.74 Å². The van der Waals surface area contributed by atoms with Crippen LogP contribution in [0.5, 0.6) is 0 Å². The van der Waals surface area contributed by atoms with Gasteiger partial charge in [-0.05, 0) is 23.3 Å². The molecule has 22 heavy (non-hydrogen) atoms. The van der Waals surface area contributed by atoms with Crippen LogP contribution in [0.15, 0.2) is 48.5 Å². The molecule has 114 valence electrons. The maximum Gasteiger partial charge on any atom is 0.269 e. The number of rotatable bonds is 6. The number of nitrogens with one attached hydrogen (secondary N) is 1. The molecular formula is C16H16N2O4. The van der Waals surface area contributed by atoms with Crippen molar-refractivity contribution in [3.05, 3.63) is 75.3 Å². The maximum absolute atomic E-state index is 12.1. The number of non-ortho nitro benzene ring substituents is 1. The van der Waals surface area contributed by atoms with Gasteiger partial charge in [0.25, 0.3) is 11.6 Å². The Bertz CT molecular complexity index is 668. The van der Waals surface area contributed by atoms with E-state index in [-0.39, 0.29) is 11.6 Å². The summed E-state index contributed by atoms with van der Waals surface area (Å²) >= 11 is 0. The van der Waals surface area contributed by atoms with Crippen LogP contribution in [-0.2, 0) is 17.9 Å². The molecule has 1 amide bonds. The minimum absolute atomic E-state index is 0.0398. The first-order valence-electron chi connectivity index (χ1n) is 6.70. The molecule has 0 saturated heterocycles. The van der Waals surface area contributed by atoms with Crippen molar-refractivity contribution in [3.63, 3.8) is 0 Å². The van der Waals surface area contributed by atoms with E-state index in [1.165, 1.54) is 24.3 Å². The number of nitrogens with zero attached hydrogens (tertiary/aromatic N) is 1. The average Bonchev–Trinajstić information content (AvgIpc) is 2.54. The topological polar surface area (TPSA) is 81.5 Å². The summed E-state index contributed by atoms with van der Waals surface area (Å²) in [6, 6.07) is 13.2. The second-order valence-corrected chi connectivity index (χ2v) is 4.69. The number of ether oxygens (including phenoxy) is 1. The normalized spacial score (nSPS) is 10.2. The molecule has 0 bridgehead atoms. The molecule has 0 unspecified atom stereocenters. The Morgan fingerprint density at radius 3 is 2.36 bits per heavy atom. The van der Waals surface area contributed by atoms with Crippen LogP contribution in [0.3, 0.4) is 0 Å². The second-order valence-electron chi connectivity index (χ2n) is 4.69. The van der Waals surface area contributed by atoms with E-state index < -0.39 is 4.92 Å². The van der Waals surface area contributed by atoms with Crippen LogP contribution in [0.25, 0.3) is 0 Å². The molecule has 0 saturated carbocycles. The van der Waals surface area contributed by atoms with E-state index in [1.807, 2.05) is 24.3 Å². The molecular weight excluding hydrogens is 284 g/mol. The van der Waals surface area contributed by atoms with Crippen LogP contribution in [-0.4, -0.2) is 17.9 Å². The highest BCUT2D eigenvalue weighted by Gasteiger charge is 2.10. The van der Waals surface area contributed by atoms with Crippen LogP contribution in [0, 0.1) is 10.1 Å². The Hall–Kier alpha value is -2.73. The van der Waals surface area contributed by atoms with E-state index >= 15 is 0 Å². The molecule has 0 aromatic heterocycles. The van der Waals surface area contributed by atoms with Crippen molar-refractivity contribution in [3.8, 4) is 0 Å². The van der Waals surface area contributed by atoms with E-state index in [1.54, 1.807) is 7.11 Å². The molecule has 6 heteroatoms. The predicted octanol–water partition coefficient (Wildman–Crippen LogP) is 2.67. The predicted molar refractivity (Wildman–Crippen MR) is 81.4 cm³/mol. The lowest BCUT2D eigenvalue weighted by Gasteiger charge is -2.10. The lowest BCUT2D eigenvalue weighted by molar-refractivity contribution is -0.384. The summed E-state index contributed by atoms with van der Waals surface area (Å²) in [5.41, 5.74) is 2.32. The first-order valence-corrected chi connectivity index (χ1v) is 6.70. The number of carbonyl (C=O) groups excluding carboxylic acids is 1. The highest BCUT2D eigenvalue weighted by Crippen LogP contribution is 2.13. The fourth-order valence-electron chi connectivity index (χ4n) is 2.04. The van der Waals surface area contributed by atoms with Crippen molar-refractivity contribution in [1.82, 2.24) is 5.32 Å². The van der Waals surface area contributed by atoms with E-state index in [9.17, 15) is 14.9 Å². The maximum atomic E-state index is 12.1. The van der Waals surface area contributed by atoms with Gasteiger partial charge in [0.05, 0.1) is 11.5 Å². The van der Waals surface area contributed by atoms with Crippen molar-refractivity contribution in [2.45, 2.75) is 13.2 Å². The minimum Gasteiger partial charge on any atom is -0.380 e. The molecule has 0 radical (unpaired) electrons. The number of amides is 1. The molecule has 0 aliphatic rings. The molecule has 0 fully saturated rings. The Kier molecular flexibility index (Phi) is 5.21. The lowest BCUT2D eigenvalue weighted by Crippen LogP contribution is -2.23. The second kappa shape index (κ2) is 7.33. The first-order chi connectivity index (χ1) is 10.6. The number of hydrogen-bond acceptors (Lipinski definition) is 4. The molecule has 0 atom stereocenters. The summed E-state index contributed by atoms with van der Waals surface area (Å²) in [7, 11) is 1.62. The number of carbonyl (C=O) groups is 1. The Morgan fingerprint density at radius 2 is 1.77 bits per heavy atom. The van der Waals surface area contributed by atoms with Crippen molar-refractivity contribution in [2.24, 2.45) is 0 Å². The summed E-state index contributed by atoms with van der Waals surface area (Å²) in [5, 5.41) is 13.4. The molecule has 0 spiro atoms. The molecule has 2 rings (SSSR count). The highest BCUT2D eigenvalue weighted by atomic mass is 16.6. The van der Waals surface area contributed by atoms with Crippen LogP contribution in [0.4, 0.5) is 5.69 Å². The Labute approximate surface area is 127 Å². The van der Waals surface area contributed by atoms with Gasteiger partial charge in [-0.15, -0.1) is 0 Å². The molecule has 2 aromatic rings. The smallest absolute Gasteiger partial charge is 0.269 e. The zero-order chi connectivity index (χ0) is 15.9. The van der Waals surface area contributed by atoms with E-state index in [0.29, 0.717) is 18.7 Å². The monoisotopic (exact) mass is 300 g/mol. The van der Waals surface area contributed by atoms with Crippen LogP contribution in [0.1, 0.15) is 21.5 Å². The standard InChI is InChI=1S/C16H16N2O4/c1-22-11-14-5-3-2-4-13(14)10-17-16(19)12-6-8-15(9-7-12)18(20)21/h2-9H,10-11H2,1H3,(H,17,19). The summed E-state index contributed by atoms with van der Waals surface area (Å²) in [5.74, 6) is -0.276. The third kappa shape index (κ3) is 3.89. The molecule has 0 heterocycles. The van der Waals surface area contributed by atoms with Gasteiger partial charge < -0.3 is 10.1 Å². The van der Waals surface area contributed by atoms with Crippen molar-refractivity contribution in [1.29, 1.82) is 0 Å². The van der Waals surface area contributed by atoms with Crippen LogP contribution < -0.4 is 5.32 Å². The fraction of sp³-hybridized carbons (Fsp3) is 0.188. The molecule has 0 aliphatic heterocycles. The minimum atomic E-state index is -0.497. The third-order valence-corrected chi connectivity index (χ3v) is 3.20. The number of benzene rings is 2. The fourth-order valence-corrected chi connectivity index (χ4v) is 2.04. The molecule has 2 aromatic carbocycles. The van der Waals surface area contributed by atoms with Gasteiger partial charge in [-0.3, -0.25) is 14.9 Å². The number of methoxy groups -OCH3 is 1. The zero-order valence-corrected chi connectivity index (χ0v) is 12.1. The summed E-state index contributed by atoms with van der Waals surface area (Å²) in [6.07, 6.45) is 0. The summed E-state index contributed by atoms with van der Waals surface area (Å²) in [4.78, 5) is 22.1. The SMILES string of the molecule is COCc1ccccc1CNC(=O)c1ccc([N+](=O)[O-])cc1.